The third-order valence-electron chi connectivity index (χ3n) is 1.29. The van der Waals surface area contributed by atoms with Crippen LogP contribution in [0, 0.1) is 6.20 Å². The highest BCUT2D eigenvalue weighted by atomic mass is 14.7. The van der Waals surface area contributed by atoms with Gasteiger partial charge in [-0.3, -0.25) is 4.98 Å². The summed E-state index contributed by atoms with van der Waals surface area (Å²) in [6.07, 6.45) is 6.44. The summed E-state index contributed by atoms with van der Waals surface area (Å²) in [6.45, 7) is 0. The van der Waals surface area contributed by atoms with E-state index in [1.54, 1.807) is 6.20 Å². The fourth-order valence-corrected chi connectivity index (χ4v) is 0.827. The SMILES string of the molecule is [c]1cc2cnccc2[nH]1. The summed E-state index contributed by atoms with van der Waals surface area (Å²) in [7, 11) is 0. The number of aromatic amines is 1. The molecule has 1 radical (unpaired) electrons. The predicted molar refractivity (Wildman–Crippen MR) is 34.9 cm³/mol. The Bertz CT molecular complexity index is 281. The molecule has 2 aromatic heterocycles. The van der Waals surface area contributed by atoms with Gasteiger partial charge >= 0.3 is 0 Å². The second kappa shape index (κ2) is 1.58. The Morgan fingerprint density at radius 1 is 1.56 bits per heavy atom. The molecule has 0 saturated carbocycles. The normalized spacial score (nSPS) is 10.2. The summed E-state index contributed by atoms with van der Waals surface area (Å²) in [5.74, 6) is 0. The van der Waals surface area contributed by atoms with E-state index in [-0.39, 0.29) is 0 Å². The molecule has 9 heavy (non-hydrogen) atoms. The van der Waals surface area contributed by atoms with Gasteiger partial charge in [0.1, 0.15) is 0 Å². The first-order valence-corrected chi connectivity index (χ1v) is 2.75. The Morgan fingerprint density at radius 3 is 3.44 bits per heavy atom. The highest BCUT2D eigenvalue weighted by Crippen LogP contribution is 2.06. The maximum atomic E-state index is 3.95. The number of rotatable bonds is 0. The molecule has 0 amide bonds. The molecule has 2 heterocycles. The molecule has 0 saturated heterocycles. The van der Waals surface area contributed by atoms with Crippen molar-refractivity contribution in [3.8, 4) is 0 Å². The van der Waals surface area contributed by atoms with Crippen LogP contribution in [-0.4, -0.2) is 9.97 Å². The summed E-state index contributed by atoms with van der Waals surface area (Å²) < 4.78 is 0. The molecule has 2 nitrogen and oxygen atoms in total. The van der Waals surface area contributed by atoms with Gasteiger partial charge < -0.3 is 4.98 Å². The van der Waals surface area contributed by atoms with E-state index in [0.29, 0.717) is 0 Å². The summed E-state index contributed by atoms with van der Waals surface area (Å²) in [6, 6.07) is 3.80. The molecule has 0 fully saturated rings. The summed E-state index contributed by atoms with van der Waals surface area (Å²) >= 11 is 0. The van der Waals surface area contributed by atoms with Crippen LogP contribution >= 0.6 is 0 Å². The van der Waals surface area contributed by atoms with Gasteiger partial charge in [-0.05, 0) is 12.1 Å². The van der Waals surface area contributed by atoms with Crippen molar-refractivity contribution in [2.75, 3.05) is 0 Å². The van der Waals surface area contributed by atoms with Gasteiger partial charge in [0, 0.05) is 23.3 Å². The van der Waals surface area contributed by atoms with Crippen molar-refractivity contribution in [2.24, 2.45) is 0 Å². The lowest BCUT2D eigenvalue weighted by atomic mass is 10.3. The van der Waals surface area contributed by atoms with Gasteiger partial charge in [0.2, 0.25) is 0 Å². The van der Waals surface area contributed by atoms with Crippen LogP contribution in [-0.2, 0) is 0 Å². The van der Waals surface area contributed by atoms with E-state index in [9.17, 15) is 0 Å². The van der Waals surface area contributed by atoms with Crippen LogP contribution < -0.4 is 0 Å². The van der Waals surface area contributed by atoms with Crippen LogP contribution in [0.3, 0.4) is 0 Å². The molecular formula is C7H5N2. The maximum Gasteiger partial charge on any atom is 0.0631 e. The van der Waals surface area contributed by atoms with Crippen LogP contribution in [0.5, 0.6) is 0 Å². The first-order chi connectivity index (χ1) is 4.47. The fourth-order valence-electron chi connectivity index (χ4n) is 0.827. The first kappa shape index (κ1) is 4.56. The molecule has 0 aliphatic heterocycles. The van der Waals surface area contributed by atoms with Gasteiger partial charge in [-0.15, -0.1) is 0 Å². The number of hydrogen-bond acceptors (Lipinski definition) is 1. The minimum Gasteiger partial charge on any atom is -0.353 e. The van der Waals surface area contributed by atoms with Gasteiger partial charge in [0.25, 0.3) is 0 Å². The largest absolute Gasteiger partial charge is 0.353 e. The lowest BCUT2D eigenvalue weighted by Gasteiger charge is -1.82. The van der Waals surface area contributed by atoms with Gasteiger partial charge in [-0.2, -0.15) is 0 Å². The molecule has 0 aromatic carbocycles. The van der Waals surface area contributed by atoms with Crippen molar-refractivity contribution in [3.63, 3.8) is 0 Å². The van der Waals surface area contributed by atoms with Crippen molar-refractivity contribution >= 4 is 10.9 Å². The standard InChI is InChI=1S/C7H5N2/c1-4-9-7-2-3-8-5-6(1)7/h1-3,5,9H. The van der Waals surface area contributed by atoms with Crippen molar-refractivity contribution in [1.29, 1.82) is 0 Å². The van der Waals surface area contributed by atoms with Gasteiger partial charge in [0.05, 0.1) is 6.20 Å². The molecule has 0 bridgehead atoms. The Kier molecular flexibility index (Phi) is 0.803. The van der Waals surface area contributed by atoms with Crippen molar-refractivity contribution in [1.82, 2.24) is 9.97 Å². The molecule has 2 heteroatoms. The quantitative estimate of drug-likeness (QED) is 0.554. The molecule has 0 aliphatic rings. The van der Waals surface area contributed by atoms with Crippen molar-refractivity contribution in [3.05, 3.63) is 30.7 Å². The van der Waals surface area contributed by atoms with Crippen LogP contribution in [0.15, 0.2) is 24.5 Å². The molecular weight excluding hydrogens is 112 g/mol. The highest BCUT2D eigenvalue weighted by molar-refractivity contribution is 5.77. The molecule has 0 atom stereocenters. The monoisotopic (exact) mass is 117 g/mol. The zero-order valence-electron chi connectivity index (χ0n) is 4.76. The Balaban J connectivity index is 2.95. The number of H-pyrrole nitrogens is 1. The van der Waals surface area contributed by atoms with E-state index in [1.807, 2.05) is 18.3 Å². The van der Waals surface area contributed by atoms with Gasteiger partial charge in [-0.1, -0.05) is 0 Å². The number of fused-ring (bicyclic) bond motifs is 1. The van der Waals surface area contributed by atoms with Crippen LogP contribution in [0.25, 0.3) is 10.9 Å². The lowest BCUT2D eigenvalue weighted by molar-refractivity contribution is 1.35. The minimum absolute atomic E-state index is 1.09. The van der Waals surface area contributed by atoms with Crippen LogP contribution in [0.1, 0.15) is 0 Å². The summed E-state index contributed by atoms with van der Waals surface area (Å²) in [5, 5.41) is 1.11. The average molecular weight is 117 g/mol. The molecule has 0 unspecified atom stereocenters. The van der Waals surface area contributed by atoms with E-state index < -0.39 is 0 Å². The third kappa shape index (κ3) is 0.598. The van der Waals surface area contributed by atoms with Crippen molar-refractivity contribution < 1.29 is 0 Å². The van der Waals surface area contributed by atoms with E-state index in [4.69, 9.17) is 0 Å². The highest BCUT2D eigenvalue weighted by Gasteiger charge is 1.88. The summed E-state index contributed by atoms with van der Waals surface area (Å²) in [5.41, 5.74) is 1.09. The van der Waals surface area contributed by atoms with E-state index in [0.717, 1.165) is 10.9 Å². The molecule has 2 aromatic rings. The third-order valence-corrected chi connectivity index (χ3v) is 1.29. The number of nitrogens with one attached hydrogen (secondary N) is 1. The Labute approximate surface area is 52.5 Å². The van der Waals surface area contributed by atoms with Gasteiger partial charge in [-0.25, -0.2) is 0 Å². The first-order valence-electron chi connectivity index (χ1n) is 2.75. The second-order valence-electron chi connectivity index (χ2n) is 1.88. The number of hydrogen-bond donors (Lipinski definition) is 1. The Morgan fingerprint density at radius 2 is 2.56 bits per heavy atom. The van der Waals surface area contributed by atoms with E-state index in [2.05, 4.69) is 16.2 Å². The number of pyridine rings is 1. The lowest BCUT2D eigenvalue weighted by Crippen LogP contribution is -1.67. The Hall–Kier alpha value is -1.31. The number of nitrogens with zero attached hydrogens (tertiary/aromatic N) is 1. The fraction of sp³-hybridized carbons (Fsp3) is 0. The molecule has 0 spiro atoms. The topological polar surface area (TPSA) is 28.7 Å². The molecule has 2 rings (SSSR count). The van der Waals surface area contributed by atoms with Crippen LogP contribution in [0.2, 0.25) is 0 Å². The van der Waals surface area contributed by atoms with Gasteiger partial charge in [0.15, 0.2) is 0 Å². The number of aromatic nitrogens is 2. The molecule has 43 valence electrons. The van der Waals surface area contributed by atoms with Crippen LogP contribution in [0.4, 0.5) is 0 Å². The smallest absolute Gasteiger partial charge is 0.0631 e. The van der Waals surface area contributed by atoms with E-state index in [1.165, 1.54) is 0 Å². The zero-order valence-corrected chi connectivity index (χ0v) is 4.76. The maximum absolute atomic E-state index is 3.95. The molecule has 0 aliphatic carbocycles. The average Bonchev–Trinajstić information content (AvgIpc) is 2.33. The zero-order chi connectivity index (χ0) is 6.10. The summed E-state index contributed by atoms with van der Waals surface area (Å²) in [4.78, 5) is 6.90. The predicted octanol–water partition coefficient (Wildman–Crippen LogP) is 1.36. The van der Waals surface area contributed by atoms with Crippen molar-refractivity contribution in [2.45, 2.75) is 0 Å². The molecule has 1 N–H and O–H groups in total. The van der Waals surface area contributed by atoms with E-state index >= 15 is 0 Å². The minimum atomic E-state index is 1.09. The second-order valence-corrected chi connectivity index (χ2v) is 1.88.